The summed E-state index contributed by atoms with van der Waals surface area (Å²) in [5, 5.41) is 21.2. The van der Waals surface area contributed by atoms with Crippen molar-refractivity contribution >= 4 is 15.5 Å². The minimum Gasteiger partial charge on any atom is -0.390 e. The van der Waals surface area contributed by atoms with Crippen LogP contribution in [-0.4, -0.2) is 37.2 Å². The summed E-state index contributed by atoms with van der Waals surface area (Å²) in [6.45, 7) is 0. The molecule has 1 fully saturated rings. The zero-order chi connectivity index (χ0) is 13.2. The number of sulfone groups is 1. The normalized spacial score (nSPS) is 25.6. The third kappa shape index (κ3) is 3.00. The summed E-state index contributed by atoms with van der Waals surface area (Å²) in [4.78, 5) is 0. The smallest absolute Gasteiger partial charge is 0.155 e. The van der Waals surface area contributed by atoms with Gasteiger partial charge in [0.1, 0.15) is 0 Å². The number of aliphatic hydroxyl groups excluding tert-OH is 1. The molecule has 1 heterocycles. The minimum atomic E-state index is -3.14. The van der Waals surface area contributed by atoms with Gasteiger partial charge in [0.25, 0.3) is 0 Å². The summed E-state index contributed by atoms with van der Waals surface area (Å²) in [6.07, 6.45) is -0.519. The zero-order valence-electron chi connectivity index (χ0n) is 9.70. The molecule has 6 heteroatoms. The summed E-state index contributed by atoms with van der Waals surface area (Å²) in [5.74, 6) is -0.231. The fourth-order valence-electron chi connectivity index (χ4n) is 1.99. The first kappa shape index (κ1) is 12.9. The standard InChI is InChI=1S/C12H14N2O3S/c13-6-5-9-1-3-10(4-2-9)14-11-7-18(16,17)8-12(11)15/h1-4,11-12,14-15H,5,7-8H2. The van der Waals surface area contributed by atoms with Crippen molar-refractivity contribution in [3.63, 3.8) is 0 Å². The summed E-state index contributed by atoms with van der Waals surface area (Å²) in [6, 6.07) is 8.77. The van der Waals surface area contributed by atoms with Crippen molar-refractivity contribution in [1.82, 2.24) is 0 Å². The van der Waals surface area contributed by atoms with Crippen LogP contribution >= 0.6 is 0 Å². The van der Waals surface area contributed by atoms with Crippen LogP contribution in [0, 0.1) is 11.3 Å². The highest BCUT2D eigenvalue weighted by Gasteiger charge is 2.36. The van der Waals surface area contributed by atoms with E-state index >= 15 is 0 Å². The van der Waals surface area contributed by atoms with Crippen LogP contribution < -0.4 is 5.32 Å². The quantitative estimate of drug-likeness (QED) is 0.822. The Morgan fingerprint density at radius 1 is 1.33 bits per heavy atom. The Morgan fingerprint density at radius 3 is 2.50 bits per heavy atom. The molecule has 0 amide bonds. The van der Waals surface area contributed by atoms with Gasteiger partial charge in [-0.3, -0.25) is 0 Å². The molecular formula is C12H14N2O3S. The molecule has 1 aliphatic heterocycles. The largest absolute Gasteiger partial charge is 0.390 e. The molecule has 2 atom stereocenters. The van der Waals surface area contributed by atoms with E-state index < -0.39 is 22.0 Å². The van der Waals surface area contributed by atoms with Gasteiger partial charge in [-0.05, 0) is 17.7 Å². The molecule has 5 nitrogen and oxygen atoms in total. The van der Waals surface area contributed by atoms with Crippen molar-refractivity contribution in [3.8, 4) is 6.07 Å². The van der Waals surface area contributed by atoms with E-state index in [-0.39, 0.29) is 11.5 Å². The molecule has 2 unspecified atom stereocenters. The highest BCUT2D eigenvalue weighted by Crippen LogP contribution is 2.18. The van der Waals surface area contributed by atoms with Gasteiger partial charge >= 0.3 is 0 Å². The van der Waals surface area contributed by atoms with Crippen molar-refractivity contribution in [1.29, 1.82) is 5.26 Å². The summed E-state index contributed by atoms with van der Waals surface area (Å²) < 4.78 is 22.7. The number of nitriles is 1. The molecular weight excluding hydrogens is 252 g/mol. The average Bonchev–Trinajstić information content (AvgIpc) is 2.55. The zero-order valence-corrected chi connectivity index (χ0v) is 10.5. The molecule has 1 aliphatic rings. The predicted molar refractivity (Wildman–Crippen MR) is 67.8 cm³/mol. The summed E-state index contributed by atoms with van der Waals surface area (Å²) in [5.41, 5.74) is 1.65. The number of nitrogens with zero attached hydrogens (tertiary/aromatic N) is 1. The van der Waals surface area contributed by atoms with Gasteiger partial charge in [-0.1, -0.05) is 12.1 Å². The maximum Gasteiger partial charge on any atom is 0.155 e. The minimum absolute atomic E-state index is 0.0475. The van der Waals surface area contributed by atoms with E-state index in [1.54, 1.807) is 24.3 Å². The lowest BCUT2D eigenvalue weighted by Gasteiger charge is -2.16. The number of anilines is 1. The van der Waals surface area contributed by atoms with Crippen molar-refractivity contribution in [2.75, 3.05) is 16.8 Å². The van der Waals surface area contributed by atoms with E-state index in [1.165, 1.54) is 0 Å². The molecule has 0 aliphatic carbocycles. The molecule has 0 radical (unpaired) electrons. The van der Waals surface area contributed by atoms with Crippen molar-refractivity contribution in [3.05, 3.63) is 29.8 Å². The van der Waals surface area contributed by atoms with Crippen LogP contribution in [0.25, 0.3) is 0 Å². The molecule has 0 spiro atoms. The number of hydrogen-bond donors (Lipinski definition) is 2. The number of aliphatic hydroxyl groups is 1. The molecule has 1 saturated heterocycles. The molecule has 96 valence electrons. The lowest BCUT2D eigenvalue weighted by molar-refractivity contribution is 0.190. The maximum atomic E-state index is 11.3. The third-order valence-electron chi connectivity index (χ3n) is 2.91. The fraction of sp³-hybridized carbons (Fsp3) is 0.417. The Labute approximate surface area is 106 Å². The van der Waals surface area contributed by atoms with Gasteiger partial charge in [0.15, 0.2) is 9.84 Å². The Morgan fingerprint density at radius 2 is 2.00 bits per heavy atom. The lowest BCUT2D eigenvalue weighted by atomic mass is 10.1. The number of rotatable bonds is 3. The Kier molecular flexibility index (Phi) is 3.55. The predicted octanol–water partition coefficient (Wildman–Crippen LogP) is 0.322. The van der Waals surface area contributed by atoms with Gasteiger partial charge in [0.2, 0.25) is 0 Å². The van der Waals surface area contributed by atoms with Crippen LogP contribution in [0.2, 0.25) is 0 Å². The monoisotopic (exact) mass is 266 g/mol. The van der Waals surface area contributed by atoms with E-state index in [4.69, 9.17) is 5.26 Å². The molecule has 1 aromatic carbocycles. The first-order valence-electron chi connectivity index (χ1n) is 5.61. The molecule has 0 bridgehead atoms. The van der Waals surface area contributed by atoms with Crippen molar-refractivity contribution in [2.24, 2.45) is 0 Å². The first-order chi connectivity index (χ1) is 8.50. The Balaban J connectivity index is 2.04. The molecule has 18 heavy (non-hydrogen) atoms. The number of hydrogen-bond acceptors (Lipinski definition) is 5. The van der Waals surface area contributed by atoms with Crippen molar-refractivity contribution < 1.29 is 13.5 Å². The second kappa shape index (κ2) is 4.96. The SMILES string of the molecule is N#CCc1ccc(NC2CS(=O)(=O)CC2O)cc1. The molecule has 0 saturated carbocycles. The highest BCUT2D eigenvalue weighted by atomic mass is 32.2. The van der Waals surface area contributed by atoms with E-state index in [0.29, 0.717) is 6.42 Å². The van der Waals surface area contributed by atoms with Crippen LogP contribution in [0.4, 0.5) is 5.69 Å². The lowest BCUT2D eigenvalue weighted by Crippen LogP contribution is -2.31. The third-order valence-corrected chi connectivity index (χ3v) is 4.63. The Hall–Kier alpha value is -1.58. The van der Waals surface area contributed by atoms with Gasteiger partial charge in [0.05, 0.1) is 36.1 Å². The van der Waals surface area contributed by atoms with Crippen LogP contribution in [0.3, 0.4) is 0 Å². The second-order valence-corrected chi connectivity index (χ2v) is 6.58. The molecule has 0 aromatic heterocycles. The molecule has 1 aromatic rings. The van der Waals surface area contributed by atoms with E-state index in [1.807, 2.05) is 0 Å². The number of benzene rings is 1. The summed E-state index contributed by atoms with van der Waals surface area (Å²) >= 11 is 0. The topological polar surface area (TPSA) is 90.2 Å². The van der Waals surface area contributed by atoms with Crippen LogP contribution in [-0.2, 0) is 16.3 Å². The van der Waals surface area contributed by atoms with E-state index in [9.17, 15) is 13.5 Å². The van der Waals surface area contributed by atoms with Crippen LogP contribution in [0.5, 0.6) is 0 Å². The van der Waals surface area contributed by atoms with Gasteiger partial charge in [-0.2, -0.15) is 5.26 Å². The van der Waals surface area contributed by atoms with Crippen LogP contribution in [0.15, 0.2) is 24.3 Å². The van der Waals surface area contributed by atoms with Gasteiger partial charge in [-0.25, -0.2) is 8.42 Å². The molecule has 2 N–H and O–H groups in total. The van der Waals surface area contributed by atoms with Gasteiger partial charge in [-0.15, -0.1) is 0 Å². The maximum absolute atomic E-state index is 11.3. The number of nitrogens with one attached hydrogen (secondary N) is 1. The van der Waals surface area contributed by atoms with E-state index in [0.717, 1.165) is 11.3 Å². The fourth-order valence-corrected chi connectivity index (χ4v) is 3.73. The molecule has 2 rings (SSSR count). The first-order valence-corrected chi connectivity index (χ1v) is 7.43. The van der Waals surface area contributed by atoms with E-state index in [2.05, 4.69) is 11.4 Å². The summed E-state index contributed by atoms with van der Waals surface area (Å²) in [7, 11) is -3.14. The Bertz CT molecular complexity index is 560. The van der Waals surface area contributed by atoms with Gasteiger partial charge in [0, 0.05) is 5.69 Å². The van der Waals surface area contributed by atoms with Crippen molar-refractivity contribution in [2.45, 2.75) is 18.6 Å². The average molecular weight is 266 g/mol. The highest BCUT2D eigenvalue weighted by molar-refractivity contribution is 7.91. The second-order valence-electron chi connectivity index (χ2n) is 4.43. The van der Waals surface area contributed by atoms with Gasteiger partial charge < -0.3 is 10.4 Å². The van der Waals surface area contributed by atoms with Crippen LogP contribution in [0.1, 0.15) is 5.56 Å².